The molecule has 0 N–H and O–H groups in total. The molecule has 1 radical (unpaired) electrons. The average molecular weight is 389 g/mol. The fourth-order valence-corrected chi connectivity index (χ4v) is 1.54. The molecule has 0 saturated carbocycles. The number of ether oxygens (including phenoxy) is 1. The summed E-state index contributed by atoms with van der Waals surface area (Å²) in [5.41, 5.74) is 0. The molecule has 0 fully saturated rings. The van der Waals surface area contributed by atoms with E-state index in [0.717, 1.165) is 12.4 Å². The number of benzene rings is 1. The second-order valence-electron chi connectivity index (χ2n) is 3.95. The zero-order chi connectivity index (χ0) is 13.5. The molecule has 0 aliphatic carbocycles. The zero-order valence-corrected chi connectivity index (χ0v) is 15.7. The lowest BCUT2D eigenvalue weighted by Gasteiger charge is -2.05. The van der Waals surface area contributed by atoms with Gasteiger partial charge in [-0.2, -0.15) is 0 Å². The summed E-state index contributed by atoms with van der Waals surface area (Å²) in [6.45, 7) is 3.09. The maximum Gasteiger partial charge on any atom is 0.560 e. The van der Waals surface area contributed by atoms with Gasteiger partial charge in [0.15, 0.2) is 0 Å². The molecule has 0 atom stereocenters. The van der Waals surface area contributed by atoms with Crippen molar-refractivity contribution in [2.24, 2.45) is 0 Å². The van der Waals surface area contributed by atoms with E-state index in [-0.39, 0.29) is 16.0 Å². The minimum atomic E-state index is 0.0417. The molecule has 1 aromatic carbocycles. The number of halogens is 2. The summed E-state index contributed by atoms with van der Waals surface area (Å²) in [6, 6.07) is 10.7. The van der Waals surface area contributed by atoms with Crippen molar-refractivity contribution in [1.29, 1.82) is 0 Å². The third-order valence-corrected chi connectivity index (χ3v) is 2.45. The molecule has 1 aromatic rings. The highest BCUT2D eigenvalue weighted by atomic mass is 79.9. The van der Waals surface area contributed by atoms with Crippen LogP contribution in [-0.2, 0) is 0 Å². The van der Waals surface area contributed by atoms with Gasteiger partial charge in [-0.15, -0.1) is 0 Å². The molecule has 0 aromatic heterocycles. The summed E-state index contributed by atoms with van der Waals surface area (Å²) in [6.07, 6.45) is 7.87. The third kappa shape index (κ3) is 13.2. The Labute approximate surface area is 134 Å². The maximum atomic E-state index is 5.59. The molecule has 0 heterocycles. The van der Waals surface area contributed by atoms with Crippen LogP contribution in [0, 0.1) is 6.07 Å². The summed E-state index contributed by atoms with van der Waals surface area (Å²) in [5, 5.41) is 0. The van der Waals surface area contributed by atoms with E-state index in [9.17, 15) is 0 Å². The molecular formula is C14H21Br2MgO. The lowest BCUT2D eigenvalue weighted by molar-refractivity contribution is 0.304. The normalized spacial score (nSPS) is 9.06. The molecule has 4 heteroatoms. The van der Waals surface area contributed by atoms with Crippen molar-refractivity contribution in [2.45, 2.75) is 45.4 Å². The van der Waals surface area contributed by atoms with Crippen LogP contribution < -0.4 is 4.74 Å². The first kappa shape index (κ1) is 18.7. The largest absolute Gasteiger partial charge is 0.560 e. The number of hydrogen-bond donors (Lipinski definition) is 0. The lowest BCUT2D eigenvalue weighted by atomic mass is 10.1. The zero-order valence-electron chi connectivity index (χ0n) is 11.1. The first-order valence-corrected chi connectivity index (χ1v) is 14.4. The van der Waals surface area contributed by atoms with Crippen LogP contribution in [0.5, 0.6) is 5.75 Å². The highest BCUT2D eigenvalue weighted by Gasteiger charge is 1.92. The average Bonchev–Trinajstić information content (AvgIpc) is 2.40. The summed E-state index contributed by atoms with van der Waals surface area (Å²) in [4.78, 5) is 0. The number of rotatable bonds is 8. The molecule has 18 heavy (non-hydrogen) atoms. The Kier molecular flexibility index (Phi) is 16.5. The summed E-state index contributed by atoms with van der Waals surface area (Å²) >= 11 is 6.44. The van der Waals surface area contributed by atoms with Gasteiger partial charge in [0.2, 0.25) is 0 Å². The Bertz CT molecular complexity index is 257. The second kappa shape index (κ2) is 15.8. The van der Waals surface area contributed by atoms with Crippen LogP contribution >= 0.6 is 25.8 Å². The molecule has 0 aliphatic heterocycles. The van der Waals surface area contributed by atoms with Gasteiger partial charge in [0.1, 0.15) is 5.75 Å². The molecule has 0 saturated heterocycles. The second-order valence-corrected chi connectivity index (χ2v) is 12.0. The van der Waals surface area contributed by atoms with E-state index in [1.807, 2.05) is 24.3 Å². The molecule has 0 unspecified atom stereocenters. The van der Waals surface area contributed by atoms with Crippen molar-refractivity contribution in [3.8, 4) is 5.75 Å². The SMILES string of the molecule is CCCCCCCCOc1cc[c]cc1.[Br][Mg][Br]. The maximum absolute atomic E-state index is 5.59. The van der Waals surface area contributed by atoms with E-state index in [2.05, 4.69) is 38.8 Å². The number of unbranched alkanes of at least 4 members (excludes halogenated alkanes) is 5. The Morgan fingerprint density at radius 3 is 2.22 bits per heavy atom. The fraction of sp³-hybridized carbons (Fsp3) is 0.571. The molecule has 1 rings (SSSR count). The van der Waals surface area contributed by atoms with Crippen LogP contribution in [0.1, 0.15) is 45.4 Å². The third-order valence-electron chi connectivity index (χ3n) is 2.45. The van der Waals surface area contributed by atoms with Gasteiger partial charge < -0.3 is 4.74 Å². The molecular weight excluding hydrogens is 368 g/mol. The standard InChI is InChI=1S/C14H21O.2BrH.Mg/c1-2-3-4-5-6-10-13-15-14-11-8-7-9-12-14;;;/h8-9,11-12H,2-6,10,13H2,1H3;2*1H;/q;;;+2/p-2. The summed E-state index contributed by atoms with van der Waals surface area (Å²) in [5.74, 6) is 0.960. The van der Waals surface area contributed by atoms with Crippen LogP contribution in [0.2, 0.25) is 0 Å². The van der Waals surface area contributed by atoms with Crippen LogP contribution in [0.3, 0.4) is 0 Å². The van der Waals surface area contributed by atoms with Gasteiger partial charge in [0.25, 0.3) is 0 Å². The first-order valence-electron chi connectivity index (χ1n) is 6.56. The van der Waals surface area contributed by atoms with Crippen LogP contribution in [0.25, 0.3) is 0 Å². The highest BCUT2D eigenvalue weighted by molar-refractivity contribution is 9.47. The van der Waals surface area contributed by atoms with E-state index >= 15 is 0 Å². The minimum Gasteiger partial charge on any atom is -0.494 e. The van der Waals surface area contributed by atoms with Gasteiger partial charge in [-0.05, 0) is 24.6 Å². The Hall–Kier alpha value is 0.746. The van der Waals surface area contributed by atoms with Gasteiger partial charge in [-0.1, -0.05) is 51.2 Å². The number of hydrogen-bond acceptors (Lipinski definition) is 1. The topological polar surface area (TPSA) is 9.23 Å². The first-order chi connectivity index (χ1) is 8.85. The summed E-state index contributed by atoms with van der Waals surface area (Å²) in [7, 11) is 0. The van der Waals surface area contributed by atoms with Gasteiger partial charge in [-0.3, -0.25) is 25.8 Å². The molecule has 99 valence electrons. The Morgan fingerprint density at radius 2 is 1.61 bits per heavy atom. The van der Waals surface area contributed by atoms with Crippen molar-refractivity contribution < 1.29 is 4.74 Å². The van der Waals surface area contributed by atoms with Crippen molar-refractivity contribution in [3.63, 3.8) is 0 Å². The molecule has 0 spiro atoms. The van der Waals surface area contributed by atoms with E-state index in [0.29, 0.717) is 0 Å². The predicted octanol–water partition coefficient (Wildman–Crippen LogP) is 5.54. The van der Waals surface area contributed by atoms with Gasteiger partial charge in [0, 0.05) is 0 Å². The molecule has 0 bridgehead atoms. The van der Waals surface area contributed by atoms with E-state index in [1.54, 1.807) is 0 Å². The van der Waals surface area contributed by atoms with Crippen LogP contribution in [0.4, 0.5) is 0 Å². The Balaban J connectivity index is 0.000000873. The van der Waals surface area contributed by atoms with Crippen molar-refractivity contribution >= 4 is 41.8 Å². The van der Waals surface area contributed by atoms with E-state index in [4.69, 9.17) is 4.74 Å². The molecule has 1 nitrogen and oxygen atoms in total. The molecule has 0 amide bonds. The van der Waals surface area contributed by atoms with Gasteiger partial charge in [-0.25, -0.2) is 0 Å². The minimum absolute atomic E-state index is 0.0417. The van der Waals surface area contributed by atoms with Gasteiger partial charge >= 0.3 is 16.0 Å². The lowest BCUT2D eigenvalue weighted by Crippen LogP contribution is -1.96. The van der Waals surface area contributed by atoms with E-state index in [1.165, 1.54) is 38.5 Å². The van der Waals surface area contributed by atoms with Crippen LogP contribution in [0.15, 0.2) is 24.3 Å². The smallest absolute Gasteiger partial charge is 0.494 e. The van der Waals surface area contributed by atoms with Gasteiger partial charge in [0.05, 0.1) is 6.61 Å². The van der Waals surface area contributed by atoms with Crippen molar-refractivity contribution in [2.75, 3.05) is 6.61 Å². The van der Waals surface area contributed by atoms with E-state index < -0.39 is 0 Å². The predicted molar refractivity (Wildman–Crippen MR) is 87.8 cm³/mol. The molecule has 0 aliphatic rings. The highest BCUT2D eigenvalue weighted by Crippen LogP contribution is 2.10. The monoisotopic (exact) mass is 387 g/mol. The van der Waals surface area contributed by atoms with Crippen molar-refractivity contribution in [1.82, 2.24) is 0 Å². The van der Waals surface area contributed by atoms with Crippen molar-refractivity contribution in [3.05, 3.63) is 30.3 Å². The summed E-state index contributed by atoms with van der Waals surface area (Å²) < 4.78 is 5.59. The fourth-order valence-electron chi connectivity index (χ4n) is 1.54. The van der Waals surface area contributed by atoms with Crippen LogP contribution in [-0.4, -0.2) is 22.6 Å². The Morgan fingerprint density at radius 1 is 1.06 bits per heavy atom. The quantitative estimate of drug-likeness (QED) is 0.419.